The summed E-state index contributed by atoms with van der Waals surface area (Å²) in [6, 6.07) is 2.97. The molecule has 104 valence electrons. The van der Waals surface area contributed by atoms with Crippen LogP contribution < -0.4 is 0 Å². The summed E-state index contributed by atoms with van der Waals surface area (Å²) in [6.07, 6.45) is 0. The maximum atomic E-state index is 13.1. The molecule has 19 heavy (non-hydrogen) atoms. The maximum absolute atomic E-state index is 13.1. The van der Waals surface area contributed by atoms with Gasteiger partial charge in [0.05, 0.1) is 5.56 Å². The van der Waals surface area contributed by atoms with Crippen molar-refractivity contribution >= 4 is 11.9 Å². The van der Waals surface area contributed by atoms with Gasteiger partial charge in [-0.1, -0.05) is 0 Å². The Labute approximate surface area is 110 Å². The van der Waals surface area contributed by atoms with Crippen LogP contribution in [0.5, 0.6) is 5.75 Å². The van der Waals surface area contributed by atoms with Gasteiger partial charge in [0.1, 0.15) is 17.1 Å². The Hall–Kier alpha value is -2.11. The molecule has 1 rings (SSSR count). The van der Waals surface area contributed by atoms with Gasteiger partial charge < -0.3 is 15.1 Å². The number of aliphatic carboxylic acids is 1. The quantitative estimate of drug-likeness (QED) is 0.874. The van der Waals surface area contributed by atoms with E-state index >= 15 is 0 Å². The lowest BCUT2D eigenvalue weighted by Crippen LogP contribution is -2.52. The highest BCUT2D eigenvalue weighted by atomic mass is 19.1. The van der Waals surface area contributed by atoms with Crippen LogP contribution in [0.1, 0.15) is 31.1 Å². The minimum absolute atomic E-state index is 0.119. The molecule has 0 aliphatic heterocycles. The largest absolute Gasteiger partial charge is 0.507 e. The number of carbonyl (C=O) groups excluding carboxylic acids is 1. The third-order valence-corrected chi connectivity index (χ3v) is 2.95. The predicted octanol–water partition coefficient (Wildman–Crippen LogP) is 1.86. The zero-order valence-corrected chi connectivity index (χ0v) is 11.0. The van der Waals surface area contributed by atoms with Crippen LogP contribution in [-0.4, -0.2) is 39.1 Å². The molecule has 0 saturated carbocycles. The van der Waals surface area contributed by atoms with Crippen molar-refractivity contribution in [1.82, 2.24) is 4.90 Å². The van der Waals surface area contributed by atoms with Gasteiger partial charge in [0.2, 0.25) is 0 Å². The monoisotopic (exact) mass is 269 g/mol. The molecule has 0 aliphatic carbocycles. The summed E-state index contributed by atoms with van der Waals surface area (Å²) in [5, 5.41) is 18.7. The smallest absolute Gasteiger partial charge is 0.329 e. The summed E-state index contributed by atoms with van der Waals surface area (Å²) in [5.41, 5.74) is -1.71. The molecule has 2 N–H and O–H groups in total. The third-order valence-electron chi connectivity index (χ3n) is 2.95. The molecule has 0 atom stereocenters. The lowest BCUT2D eigenvalue weighted by molar-refractivity contribution is -0.147. The molecule has 6 heteroatoms. The molecule has 0 spiro atoms. The Kier molecular flexibility index (Phi) is 4.14. The first-order chi connectivity index (χ1) is 8.71. The Morgan fingerprint density at radius 2 is 1.95 bits per heavy atom. The lowest BCUT2D eigenvalue weighted by atomic mass is 10.0. The van der Waals surface area contributed by atoms with Gasteiger partial charge >= 0.3 is 5.97 Å². The normalized spacial score (nSPS) is 11.2. The Bertz CT molecular complexity index is 513. The average molecular weight is 269 g/mol. The first kappa shape index (κ1) is 14.9. The highest BCUT2D eigenvalue weighted by Gasteiger charge is 2.38. The molecule has 1 amide bonds. The fourth-order valence-corrected chi connectivity index (χ4v) is 1.73. The number of carbonyl (C=O) groups is 2. The minimum Gasteiger partial charge on any atom is -0.507 e. The number of benzene rings is 1. The molecule has 0 aromatic heterocycles. The number of rotatable bonds is 4. The Morgan fingerprint density at radius 3 is 2.42 bits per heavy atom. The summed E-state index contributed by atoms with van der Waals surface area (Å²) < 4.78 is 13.1. The SMILES string of the molecule is CCN(C(=O)c1cc(F)ccc1O)C(C)(C)C(=O)O. The van der Waals surface area contributed by atoms with Crippen LogP contribution >= 0.6 is 0 Å². The molecular formula is C13H16FNO4. The number of amides is 1. The second-order valence-electron chi connectivity index (χ2n) is 4.58. The second-order valence-corrected chi connectivity index (χ2v) is 4.58. The molecule has 1 aromatic rings. The summed E-state index contributed by atoms with van der Waals surface area (Å²) in [7, 11) is 0. The van der Waals surface area contributed by atoms with E-state index in [0.29, 0.717) is 0 Å². The minimum atomic E-state index is -1.45. The molecule has 0 bridgehead atoms. The maximum Gasteiger partial charge on any atom is 0.329 e. The van der Waals surface area contributed by atoms with Gasteiger partial charge in [-0.05, 0) is 39.0 Å². The fraction of sp³-hybridized carbons (Fsp3) is 0.385. The zero-order valence-electron chi connectivity index (χ0n) is 11.0. The molecular weight excluding hydrogens is 253 g/mol. The van der Waals surface area contributed by atoms with Crippen LogP contribution in [-0.2, 0) is 4.79 Å². The number of nitrogens with zero attached hydrogens (tertiary/aromatic N) is 1. The van der Waals surface area contributed by atoms with E-state index in [-0.39, 0.29) is 17.9 Å². The number of halogens is 1. The number of hydrogen-bond acceptors (Lipinski definition) is 3. The van der Waals surface area contributed by atoms with E-state index < -0.39 is 23.2 Å². The van der Waals surface area contributed by atoms with E-state index in [0.717, 1.165) is 23.1 Å². The van der Waals surface area contributed by atoms with Crippen molar-refractivity contribution in [3.05, 3.63) is 29.6 Å². The first-order valence-electron chi connectivity index (χ1n) is 5.75. The number of carboxylic acids is 1. The van der Waals surface area contributed by atoms with Crippen LogP contribution in [0.3, 0.4) is 0 Å². The van der Waals surface area contributed by atoms with Gasteiger partial charge in [-0.3, -0.25) is 4.79 Å². The summed E-state index contributed by atoms with van der Waals surface area (Å²) in [5.74, 6) is -2.97. The molecule has 1 aromatic carbocycles. The predicted molar refractivity (Wildman–Crippen MR) is 66.5 cm³/mol. The van der Waals surface area contributed by atoms with Crippen molar-refractivity contribution in [2.24, 2.45) is 0 Å². The van der Waals surface area contributed by atoms with Gasteiger partial charge in [0.25, 0.3) is 5.91 Å². The van der Waals surface area contributed by atoms with Crippen LogP contribution in [0.25, 0.3) is 0 Å². The average Bonchev–Trinajstić information content (AvgIpc) is 2.32. The van der Waals surface area contributed by atoms with E-state index in [2.05, 4.69) is 0 Å². The highest BCUT2D eigenvalue weighted by molar-refractivity contribution is 5.99. The Balaban J connectivity index is 3.23. The van der Waals surface area contributed by atoms with Crippen molar-refractivity contribution in [2.45, 2.75) is 26.3 Å². The van der Waals surface area contributed by atoms with Crippen molar-refractivity contribution in [1.29, 1.82) is 0 Å². The number of likely N-dealkylation sites (N-methyl/N-ethyl adjacent to an activating group) is 1. The number of hydrogen-bond donors (Lipinski definition) is 2. The van der Waals surface area contributed by atoms with Crippen LogP contribution in [0.15, 0.2) is 18.2 Å². The van der Waals surface area contributed by atoms with Gasteiger partial charge in [0, 0.05) is 6.54 Å². The summed E-state index contributed by atoms with van der Waals surface area (Å²) >= 11 is 0. The topological polar surface area (TPSA) is 77.8 Å². The lowest BCUT2D eigenvalue weighted by Gasteiger charge is -2.34. The van der Waals surface area contributed by atoms with Crippen LogP contribution in [0, 0.1) is 5.82 Å². The van der Waals surface area contributed by atoms with E-state index in [1.165, 1.54) is 13.8 Å². The van der Waals surface area contributed by atoms with Crippen molar-refractivity contribution in [3.8, 4) is 5.75 Å². The molecule has 5 nitrogen and oxygen atoms in total. The van der Waals surface area contributed by atoms with Gasteiger partial charge in [-0.15, -0.1) is 0 Å². The molecule has 0 fully saturated rings. The third kappa shape index (κ3) is 2.83. The van der Waals surface area contributed by atoms with Crippen LogP contribution in [0.4, 0.5) is 4.39 Å². The Morgan fingerprint density at radius 1 is 1.37 bits per heavy atom. The second kappa shape index (κ2) is 5.26. The molecule has 0 heterocycles. The summed E-state index contributed by atoms with van der Waals surface area (Å²) in [6.45, 7) is 4.47. The first-order valence-corrected chi connectivity index (χ1v) is 5.75. The molecule has 0 unspecified atom stereocenters. The van der Waals surface area contributed by atoms with Crippen molar-refractivity contribution in [3.63, 3.8) is 0 Å². The van der Waals surface area contributed by atoms with Crippen molar-refractivity contribution in [2.75, 3.05) is 6.54 Å². The van der Waals surface area contributed by atoms with Crippen molar-refractivity contribution < 1.29 is 24.2 Å². The van der Waals surface area contributed by atoms with E-state index in [1.807, 2.05) is 0 Å². The van der Waals surface area contributed by atoms with Crippen LogP contribution in [0.2, 0.25) is 0 Å². The molecule has 0 radical (unpaired) electrons. The molecule has 0 saturated heterocycles. The summed E-state index contributed by atoms with van der Waals surface area (Å²) in [4.78, 5) is 24.5. The van der Waals surface area contributed by atoms with E-state index in [1.54, 1.807) is 6.92 Å². The van der Waals surface area contributed by atoms with Gasteiger partial charge in [0.15, 0.2) is 0 Å². The number of carboxylic acid groups (broad SMARTS) is 1. The van der Waals surface area contributed by atoms with Gasteiger partial charge in [-0.2, -0.15) is 0 Å². The standard InChI is InChI=1S/C13H16FNO4/c1-4-15(13(2,3)12(18)19)11(17)9-7-8(14)5-6-10(9)16/h5-7,16H,4H2,1-3H3,(H,18,19). The zero-order chi connectivity index (χ0) is 14.8. The number of phenolic OH excluding ortho intramolecular Hbond substituents is 1. The van der Waals surface area contributed by atoms with E-state index in [9.17, 15) is 19.1 Å². The fourth-order valence-electron chi connectivity index (χ4n) is 1.73. The molecule has 0 aliphatic rings. The highest BCUT2D eigenvalue weighted by Crippen LogP contribution is 2.24. The van der Waals surface area contributed by atoms with E-state index in [4.69, 9.17) is 5.11 Å². The van der Waals surface area contributed by atoms with Gasteiger partial charge in [-0.25, -0.2) is 9.18 Å². The number of aromatic hydroxyl groups is 1. The number of phenols is 1.